The fourth-order valence-electron chi connectivity index (χ4n) is 2.19. The highest BCUT2D eigenvalue weighted by Gasteiger charge is 2.10. The summed E-state index contributed by atoms with van der Waals surface area (Å²) in [7, 11) is 0. The molecule has 1 aromatic heterocycles. The highest BCUT2D eigenvalue weighted by molar-refractivity contribution is 5.94. The van der Waals surface area contributed by atoms with E-state index in [0.29, 0.717) is 5.56 Å². The van der Waals surface area contributed by atoms with Crippen LogP contribution >= 0.6 is 0 Å². The zero-order valence-corrected chi connectivity index (χ0v) is 12.8. The minimum absolute atomic E-state index is 0.0886. The van der Waals surface area contributed by atoms with Crippen LogP contribution in [0.1, 0.15) is 24.2 Å². The van der Waals surface area contributed by atoms with Crippen LogP contribution in [0, 0.1) is 0 Å². The molecule has 1 aromatic rings. The van der Waals surface area contributed by atoms with Gasteiger partial charge >= 0.3 is 0 Å². The van der Waals surface area contributed by atoms with E-state index in [9.17, 15) is 4.79 Å². The molecule has 116 valence electrons. The average Bonchev–Trinajstić information content (AvgIpc) is 2.48. The van der Waals surface area contributed by atoms with Crippen molar-refractivity contribution >= 4 is 11.6 Å². The molecule has 1 fully saturated rings. The largest absolute Gasteiger partial charge is 0.382 e. The molecule has 0 spiro atoms. The molecule has 6 heteroatoms. The number of carbonyl (C=O) groups excluding carboxylic acids is 1. The predicted molar refractivity (Wildman–Crippen MR) is 82.6 cm³/mol. The van der Waals surface area contributed by atoms with E-state index < -0.39 is 0 Å². The molecule has 0 aromatic carbocycles. The molecule has 1 saturated heterocycles. The second-order valence-corrected chi connectivity index (χ2v) is 5.47. The lowest BCUT2D eigenvalue weighted by atomic mass is 10.2. The maximum atomic E-state index is 11.9. The van der Waals surface area contributed by atoms with Gasteiger partial charge in [0.15, 0.2) is 0 Å². The third-order valence-electron chi connectivity index (χ3n) is 3.28. The number of morpholine rings is 1. The minimum atomic E-state index is -0.0886. The van der Waals surface area contributed by atoms with Crippen molar-refractivity contribution in [3.63, 3.8) is 0 Å². The van der Waals surface area contributed by atoms with Crippen molar-refractivity contribution in [2.45, 2.75) is 19.9 Å². The van der Waals surface area contributed by atoms with Crippen LogP contribution < -0.4 is 10.6 Å². The summed E-state index contributed by atoms with van der Waals surface area (Å²) < 4.78 is 5.32. The first-order chi connectivity index (χ1) is 10.1. The van der Waals surface area contributed by atoms with Crippen LogP contribution in [-0.4, -0.2) is 61.2 Å². The molecule has 0 aliphatic carbocycles. The maximum Gasteiger partial charge on any atom is 0.253 e. The Morgan fingerprint density at radius 2 is 2.14 bits per heavy atom. The predicted octanol–water partition coefficient (Wildman–Crippen LogP) is 0.964. The van der Waals surface area contributed by atoms with Gasteiger partial charge in [-0.25, -0.2) is 0 Å². The van der Waals surface area contributed by atoms with Crippen molar-refractivity contribution in [3.8, 4) is 0 Å². The zero-order chi connectivity index (χ0) is 15.1. The summed E-state index contributed by atoms with van der Waals surface area (Å²) in [6.45, 7) is 9.26. The number of rotatable bonds is 6. The number of carbonyl (C=O) groups is 1. The summed E-state index contributed by atoms with van der Waals surface area (Å²) in [5, 5.41) is 6.18. The second kappa shape index (κ2) is 7.95. The molecule has 0 bridgehead atoms. The molecule has 2 heterocycles. The summed E-state index contributed by atoms with van der Waals surface area (Å²) in [6.07, 6.45) is 3.33. The first-order valence-electron chi connectivity index (χ1n) is 7.45. The van der Waals surface area contributed by atoms with Crippen molar-refractivity contribution < 1.29 is 9.53 Å². The molecule has 2 rings (SSSR count). The van der Waals surface area contributed by atoms with Crippen LogP contribution in [0.5, 0.6) is 0 Å². The van der Waals surface area contributed by atoms with E-state index >= 15 is 0 Å². The Kier molecular flexibility index (Phi) is 5.95. The van der Waals surface area contributed by atoms with E-state index in [-0.39, 0.29) is 11.9 Å². The van der Waals surface area contributed by atoms with Crippen molar-refractivity contribution in [2.24, 2.45) is 0 Å². The third kappa shape index (κ3) is 5.32. The third-order valence-corrected chi connectivity index (χ3v) is 3.28. The van der Waals surface area contributed by atoms with Gasteiger partial charge in [0, 0.05) is 44.6 Å². The Morgan fingerprint density at radius 3 is 2.86 bits per heavy atom. The molecular weight excluding hydrogens is 268 g/mol. The second-order valence-electron chi connectivity index (χ2n) is 5.47. The van der Waals surface area contributed by atoms with Gasteiger partial charge in [0.25, 0.3) is 5.91 Å². The quantitative estimate of drug-likeness (QED) is 0.817. The number of ether oxygens (including phenoxy) is 1. The normalized spacial score (nSPS) is 16.0. The van der Waals surface area contributed by atoms with Gasteiger partial charge in [-0.2, -0.15) is 0 Å². The zero-order valence-electron chi connectivity index (χ0n) is 12.8. The van der Waals surface area contributed by atoms with Crippen LogP contribution in [0.4, 0.5) is 5.69 Å². The molecule has 1 aliphatic rings. The van der Waals surface area contributed by atoms with Crippen molar-refractivity contribution in [1.82, 2.24) is 15.2 Å². The summed E-state index contributed by atoms with van der Waals surface area (Å²) in [5.74, 6) is -0.0886. The monoisotopic (exact) mass is 292 g/mol. The molecule has 21 heavy (non-hydrogen) atoms. The maximum absolute atomic E-state index is 11.9. The fraction of sp³-hybridized carbons (Fsp3) is 0.600. The Hall–Kier alpha value is -1.66. The van der Waals surface area contributed by atoms with Crippen LogP contribution in [0.15, 0.2) is 18.5 Å². The molecule has 0 saturated carbocycles. The summed E-state index contributed by atoms with van der Waals surface area (Å²) in [6, 6.07) is 1.96. The van der Waals surface area contributed by atoms with Gasteiger partial charge in [0.1, 0.15) is 0 Å². The van der Waals surface area contributed by atoms with Gasteiger partial charge in [-0.3, -0.25) is 14.7 Å². The average molecular weight is 292 g/mol. The lowest BCUT2D eigenvalue weighted by Crippen LogP contribution is -2.39. The van der Waals surface area contributed by atoms with Crippen LogP contribution in [-0.2, 0) is 4.74 Å². The summed E-state index contributed by atoms with van der Waals surface area (Å²) in [4.78, 5) is 18.4. The van der Waals surface area contributed by atoms with E-state index in [1.807, 2.05) is 19.9 Å². The van der Waals surface area contributed by atoms with E-state index in [1.165, 1.54) is 0 Å². The van der Waals surface area contributed by atoms with Crippen LogP contribution in [0.2, 0.25) is 0 Å². The number of anilines is 1. The number of nitrogens with zero attached hydrogens (tertiary/aromatic N) is 2. The van der Waals surface area contributed by atoms with E-state index in [4.69, 9.17) is 4.74 Å². The number of pyridine rings is 1. The summed E-state index contributed by atoms with van der Waals surface area (Å²) >= 11 is 0. The molecule has 6 nitrogen and oxygen atoms in total. The van der Waals surface area contributed by atoms with Crippen molar-refractivity contribution in [2.75, 3.05) is 44.7 Å². The first kappa shape index (κ1) is 15.7. The number of aromatic nitrogens is 1. The molecule has 0 atom stereocenters. The van der Waals surface area contributed by atoms with Gasteiger partial charge in [-0.15, -0.1) is 0 Å². The molecule has 1 amide bonds. The molecule has 1 aliphatic heterocycles. The Bertz CT molecular complexity index is 459. The summed E-state index contributed by atoms with van der Waals surface area (Å²) in [5.41, 5.74) is 1.46. The fourth-order valence-corrected chi connectivity index (χ4v) is 2.19. The topological polar surface area (TPSA) is 66.5 Å². The number of amides is 1. The van der Waals surface area contributed by atoms with Gasteiger partial charge in [-0.1, -0.05) is 0 Å². The number of nitrogens with one attached hydrogen (secondary N) is 2. The van der Waals surface area contributed by atoms with Crippen LogP contribution in [0.25, 0.3) is 0 Å². The Morgan fingerprint density at radius 1 is 1.38 bits per heavy atom. The van der Waals surface area contributed by atoms with Crippen molar-refractivity contribution in [3.05, 3.63) is 24.0 Å². The molecule has 0 radical (unpaired) electrons. The lowest BCUT2D eigenvalue weighted by Gasteiger charge is -2.26. The highest BCUT2D eigenvalue weighted by atomic mass is 16.5. The van der Waals surface area contributed by atoms with E-state index in [2.05, 4.69) is 20.5 Å². The standard InChI is InChI=1S/C15H24N4O2/c1-12(2)18-15(20)13-9-14(11-16-10-13)17-3-4-19-5-7-21-8-6-19/h9-12,17H,3-8H2,1-2H3,(H,18,20). The Labute approximate surface area is 125 Å². The molecule has 2 N–H and O–H groups in total. The lowest BCUT2D eigenvalue weighted by molar-refractivity contribution is 0.0398. The number of hydrogen-bond acceptors (Lipinski definition) is 5. The molecular formula is C15H24N4O2. The highest BCUT2D eigenvalue weighted by Crippen LogP contribution is 2.08. The van der Waals surface area contributed by atoms with Gasteiger partial charge in [-0.05, 0) is 19.9 Å². The minimum Gasteiger partial charge on any atom is -0.382 e. The smallest absolute Gasteiger partial charge is 0.253 e. The first-order valence-corrected chi connectivity index (χ1v) is 7.45. The van der Waals surface area contributed by atoms with Crippen molar-refractivity contribution in [1.29, 1.82) is 0 Å². The number of hydrogen-bond donors (Lipinski definition) is 2. The van der Waals surface area contributed by atoms with Gasteiger partial charge in [0.2, 0.25) is 0 Å². The van der Waals surface area contributed by atoms with Gasteiger partial charge in [0.05, 0.1) is 24.5 Å². The van der Waals surface area contributed by atoms with Crippen LogP contribution in [0.3, 0.4) is 0 Å². The van der Waals surface area contributed by atoms with E-state index in [1.54, 1.807) is 12.4 Å². The molecule has 0 unspecified atom stereocenters. The Balaban J connectivity index is 1.81. The SMILES string of the molecule is CC(C)NC(=O)c1cncc(NCCN2CCOCC2)c1. The van der Waals surface area contributed by atoms with E-state index in [0.717, 1.165) is 45.1 Å². The van der Waals surface area contributed by atoms with Gasteiger partial charge < -0.3 is 15.4 Å².